The van der Waals surface area contributed by atoms with E-state index in [-0.39, 0.29) is 18.1 Å². The van der Waals surface area contributed by atoms with Crippen LogP contribution < -0.4 is 5.32 Å². The molecule has 0 aliphatic heterocycles. The highest BCUT2D eigenvalue weighted by molar-refractivity contribution is 5.92. The molecule has 17 heavy (non-hydrogen) atoms. The lowest BCUT2D eigenvalue weighted by atomic mass is 10.2. The second-order valence-corrected chi connectivity index (χ2v) is 3.59. The van der Waals surface area contributed by atoms with E-state index in [1.807, 2.05) is 6.07 Å². The molecule has 0 radical (unpaired) electrons. The second kappa shape index (κ2) is 5.12. The van der Waals surface area contributed by atoms with Crippen molar-refractivity contribution in [2.45, 2.75) is 6.42 Å². The third kappa shape index (κ3) is 3.31. The summed E-state index contributed by atoms with van der Waals surface area (Å²) in [6, 6.07) is 11.8. The molecule has 2 rings (SSSR count). The van der Waals surface area contributed by atoms with Gasteiger partial charge in [-0.2, -0.15) is 0 Å². The van der Waals surface area contributed by atoms with Crippen molar-refractivity contribution < 1.29 is 9.90 Å². The van der Waals surface area contributed by atoms with Gasteiger partial charge >= 0.3 is 0 Å². The molecule has 0 atom stereocenters. The van der Waals surface area contributed by atoms with Gasteiger partial charge in [-0.3, -0.25) is 9.78 Å². The lowest BCUT2D eigenvalue weighted by Crippen LogP contribution is -2.14. The number of nitrogens with zero attached hydrogens (tertiary/aromatic N) is 1. The zero-order valence-electron chi connectivity index (χ0n) is 9.13. The number of carbonyl (C=O) groups is 1. The van der Waals surface area contributed by atoms with Crippen LogP contribution in [0, 0.1) is 0 Å². The van der Waals surface area contributed by atoms with Crippen molar-refractivity contribution in [3.8, 4) is 5.75 Å². The summed E-state index contributed by atoms with van der Waals surface area (Å²) in [5, 5.41) is 11.8. The number of pyridine rings is 1. The number of carbonyl (C=O) groups excluding carboxylic acids is 1. The predicted octanol–water partition coefficient (Wildman–Crippen LogP) is 1.97. The molecule has 1 aromatic carbocycles. The lowest BCUT2D eigenvalue weighted by Gasteiger charge is -2.04. The van der Waals surface area contributed by atoms with Gasteiger partial charge < -0.3 is 10.4 Å². The first-order valence-electron chi connectivity index (χ1n) is 5.23. The fraction of sp³-hybridized carbons (Fsp3) is 0.0769. The quantitative estimate of drug-likeness (QED) is 0.789. The van der Waals surface area contributed by atoms with Crippen LogP contribution >= 0.6 is 0 Å². The van der Waals surface area contributed by atoms with E-state index in [9.17, 15) is 4.79 Å². The molecular formula is C13H12N2O2. The Morgan fingerprint density at radius 1 is 1.18 bits per heavy atom. The molecule has 0 aliphatic carbocycles. The molecular weight excluding hydrogens is 216 g/mol. The van der Waals surface area contributed by atoms with Crippen molar-refractivity contribution >= 4 is 11.6 Å². The predicted molar refractivity (Wildman–Crippen MR) is 64.7 cm³/mol. The molecule has 4 heteroatoms. The van der Waals surface area contributed by atoms with Crippen molar-refractivity contribution in [1.29, 1.82) is 0 Å². The van der Waals surface area contributed by atoms with Gasteiger partial charge in [0.1, 0.15) is 5.75 Å². The molecule has 0 saturated heterocycles. The number of aromatic hydroxyl groups is 1. The Morgan fingerprint density at radius 3 is 2.59 bits per heavy atom. The maximum Gasteiger partial charge on any atom is 0.230 e. The number of aromatic nitrogens is 1. The zero-order chi connectivity index (χ0) is 12.1. The smallest absolute Gasteiger partial charge is 0.230 e. The number of benzene rings is 1. The van der Waals surface area contributed by atoms with E-state index in [2.05, 4.69) is 10.3 Å². The lowest BCUT2D eigenvalue weighted by molar-refractivity contribution is -0.115. The molecule has 0 spiro atoms. The number of rotatable bonds is 3. The van der Waals surface area contributed by atoms with Crippen molar-refractivity contribution in [3.05, 3.63) is 54.4 Å². The minimum absolute atomic E-state index is 0.130. The van der Waals surface area contributed by atoms with E-state index in [4.69, 9.17) is 5.11 Å². The van der Waals surface area contributed by atoms with E-state index in [1.54, 1.807) is 30.5 Å². The fourth-order valence-electron chi connectivity index (χ4n) is 1.42. The zero-order valence-corrected chi connectivity index (χ0v) is 9.13. The van der Waals surface area contributed by atoms with Crippen LogP contribution in [0.15, 0.2) is 48.7 Å². The van der Waals surface area contributed by atoms with Crippen LogP contribution in [0.2, 0.25) is 0 Å². The van der Waals surface area contributed by atoms with Crippen LogP contribution in [0.5, 0.6) is 5.75 Å². The van der Waals surface area contributed by atoms with E-state index in [0.29, 0.717) is 5.69 Å². The highest BCUT2D eigenvalue weighted by Crippen LogP contribution is 2.13. The molecule has 86 valence electrons. The molecule has 1 heterocycles. The topological polar surface area (TPSA) is 62.2 Å². The molecule has 2 aromatic rings. The molecule has 0 bridgehead atoms. The standard InChI is InChI=1S/C13H12N2O2/c16-12-6-4-10(5-7-12)15-13(17)9-11-3-1-2-8-14-11/h1-8,16H,9H2,(H,15,17). The summed E-state index contributed by atoms with van der Waals surface area (Å²) in [6.45, 7) is 0. The van der Waals surface area contributed by atoms with Gasteiger partial charge in [0.2, 0.25) is 5.91 Å². The van der Waals surface area contributed by atoms with Gasteiger partial charge in [0.05, 0.1) is 6.42 Å². The second-order valence-electron chi connectivity index (χ2n) is 3.59. The van der Waals surface area contributed by atoms with Crippen LogP contribution in [0.4, 0.5) is 5.69 Å². The Kier molecular flexibility index (Phi) is 3.35. The van der Waals surface area contributed by atoms with E-state index >= 15 is 0 Å². The number of phenolic OH excluding ortho intramolecular Hbond substituents is 1. The maximum atomic E-state index is 11.7. The van der Waals surface area contributed by atoms with Crippen molar-refractivity contribution in [1.82, 2.24) is 4.98 Å². The summed E-state index contributed by atoms with van der Waals surface area (Å²) in [5.74, 6) is 0.0436. The number of hydrogen-bond donors (Lipinski definition) is 2. The van der Waals surface area contributed by atoms with Gasteiger partial charge in [-0.15, -0.1) is 0 Å². The summed E-state index contributed by atoms with van der Waals surface area (Å²) in [7, 11) is 0. The summed E-state index contributed by atoms with van der Waals surface area (Å²) in [5.41, 5.74) is 1.38. The minimum Gasteiger partial charge on any atom is -0.508 e. The molecule has 1 amide bonds. The first-order chi connectivity index (χ1) is 8.24. The average Bonchev–Trinajstić information content (AvgIpc) is 2.33. The Morgan fingerprint density at radius 2 is 1.94 bits per heavy atom. The Hall–Kier alpha value is -2.36. The molecule has 0 unspecified atom stereocenters. The highest BCUT2D eigenvalue weighted by Gasteiger charge is 2.04. The third-order valence-corrected chi connectivity index (χ3v) is 2.22. The number of phenols is 1. The number of anilines is 1. The summed E-state index contributed by atoms with van der Waals surface area (Å²) < 4.78 is 0. The minimum atomic E-state index is -0.130. The van der Waals surface area contributed by atoms with E-state index < -0.39 is 0 Å². The normalized spacial score (nSPS) is 9.88. The van der Waals surface area contributed by atoms with Gasteiger partial charge in [-0.25, -0.2) is 0 Å². The highest BCUT2D eigenvalue weighted by atomic mass is 16.3. The average molecular weight is 228 g/mol. The first kappa shape index (κ1) is 11.1. The van der Waals surface area contributed by atoms with Gasteiger partial charge in [-0.1, -0.05) is 6.07 Å². The Bertz CT molecular complexity index is 495. The van der Waals surface area contributed by atoms with E-state index in [1.165, 1.54) is 12.1 Å². The summed E-state index contributed by atoms with van der Waals surface area (Å²) in [4.78, 5) is 15.7. The SMILES string of the molecule is O=C(Cc1ccccn1)Nc1ccc(O)cc1. The Labute approximate surface area is 98.9 Å². The summed E-state index contributed by atoms with van der Waals surface area (Å²) in [6.07, 6.45) is 1.89. The molecule has 0 fully saturated rings. The van der Waals surface area contributed by atoms with Gasteiger partial charge in [0.15, 0.2) is 0 Å². The van der Waals surface area contributed by atoms with Crippen molar-refractivity contribution in [2.75, 3.05) is 5.32 Å². The van der Waals surface area contributed by atoms with Crippen LogP contribution in [0.3, 0.4) is 0 Å². The number of nitrogens with one attached hydrogen (secondary N) is 1. The third-order valence-electron chi connectivity index (χ3n) is 2.22. The van der Waals surface area contributed by atoms with Crippen LogP contribution in [0.1, 0.15) is 5.69 Å². The van der Waals surface area contributed by atoms with Crippen molar-refractivity contribution in [2.24, 2.45) is 0 Å². The molecule has 2 N–H and O–H groups in total. The van der Waals surface area contributed by atoms with Crippen LogP contribution in [0.25, 0.3) is 0 Å². The van der Waals surface area contributed by atoms with Crippen molar-refractivity contribution in [3.63, 3.8) is 0 Å². The molecule has 1 aromatic heterocycles. The fourth-order valence-corrected chi connectivity index (χ4v) is 1.42. The molecule has 0 saturated carbocycles. The molecule has 0 aliphatic rings. The number of hydrogen-bond acceptors (Lipinski definition) is 3. The monoisotopic (exact) mass is 228 g/mol. The van der Waals surface area contributed by atoms with Gasteiger partial charge in [0, 0.05) is 17.6 Å². The van der Waals surface area contributed by atoms with Gasteiger partial charge in [0.25, 0.3) is 0 Å². The first-order valence-corrected chi connectivity index (χ1v) is 5.23. The summed E-state index contributed by atoms with van der Waals surface area (Å²) >= 11 is 0. The van der Waals surface area contributed by atoms with Crippen LogP contribution in [-0.4, -0.2) is 16.0 Å². The maximum absolute atomic E-state index is 11.7. The number of amides is 1. The Balaban J connectivity index is 1.96. The van der Waals surface area contributed by atoms with E-state index in [0.717, 1.165) is 5.69 Å². The van der Waals surface area contributed by atoms with Gasteiger partial charge in [-0.05, 0) is 36.4 Å². The largest absolute Gasteiger partial charge is 0.508 e. The van der Waals surface area contributed by atoms with Crippen LogP contribution in [-0.2, 0) is 11.2 Å². The molecule has 4 nitrogen and oxygen atoms in total.